The highest BCUT2D eigenvalue weighted by Crippen LogP contribution is 2.26. The van der Waals surface area contributed by atoms with Crippen LogP contribution in [0.1, 0.15) is 18.5 Å². The van der Waals surface area contributed by atoms with E-state index in [-0.39, 0.29) is 0 Å². The molecule has 0 saturated carbocycles. The molecule has 0 aliphatic rings. The molecule has 0 bridgehead atoms. The van der Waals surface area contributed by atoms with Crippen molar-refractivity contribution < 1.29 is 14.7 Å². The highest BCUT2D eigenvalue weighted by Gasteiger charge is 2.22. The third-order valence-corrected chi connectivity index (χ3v) is 3.37. The van der Waals surface area contributed by atoms with Gasteiger partial charge in [-0.3, -0.25) is 9.59 Å². The van der Waals surface area contributed by atoms with E-state index in [2.05, 4.69) is 9.97 Å². The van der Waals surface area contributed by atoms with Crippen LogP contribution in [0.4, 0.5) is 5.82 Å². The maximum atomic E-state index is 12.0. The number of carboxylic acids is 1. The van der Waals surface area contributed by atoms with Crippen LogP contribution in [0.5, 0.6) is 0 Å². The van der Waals surface area contributed by atoms with E-state index in [0.29, 0.717) is 11.6 Å². The molecule has 0 unspecified atom stereocenters. The van der Waals surface area contributed by atoms with Gasteiger partial charge in [-0.25, -0.2) is 9.97 Å². The second-order valence-electron chi connectivity index (χ2n) is 5.36. The second kappa shape index (κ2) is 8.43. The van der Waals surface area contributed by atoms with Gasteiger partial charge < -0.3 is 21.1 Å². The molecule has 3 aromatic rings. The largest absolute Gasteiger partial charge is 0.481 e. The van der Waals surface area contributed by atoms with E-state index in [1.54, 1.807) is 35.3 Å². The normalized spacial score (nSPS) is 11.1. The lowest BCUT2D eigenvalue weighted by Crippen LogP contribution is -2.27. The van der Waals surface area contributed by atoms with E-state index >= 15 is 0 Å². The molecule has 0 radical (unpaired) electrons. The molecule has 8 nitrogen and oxygen atoms in total. The minimum absolute atomic E-state index is 0.391. The predicted molar refractivity (Wildman–Crippen MR) is 97.0 cm³/mol. The second-order valence-corrected chi connectivity index (χ2v) is 5.36. The number of primary amides is 1. The molecule has 2 aromatic heterocycles. The summed E-state index contributed by atoms with van der Waals surface area (Å²) in [5.41, 5.74) is 12.9. The van der Waals surface area contributed by atoms with Gasteiger partial charge in [0.25, 0.3) is 5.97 Å². The van der Waals surface area contributed by atoms with Gasteiger partial charge in [-0.1, -0.05) is 30.3 Å². The Labute approximate surface area is 150 Å². The maximum absolute atomic E-state index is 12.0. The van der Waals surface area contributed by atoms with E-state index in [9.17, 15) is 4.79 Å². The van der Waals surface area contributed by atoms with Crippen molar-refractivity contribution in [1.29, 1.82) is 0 Å². The topological polar surface area (TPSA) is 137 Å². The molecule has 3 rings (SSSR count). The number of anilines is 1. The Balaban J connectivity index is 0.000000552. The minimum Gasteiger partial charge on any atom is -0.481 e. The van der Waals surface area contributed by atoms with Crippen LogP contribution in [0.3, 0.4) is 0 Å². The number of pyridine rings is 1. The number of hydrogen-bond acceptors (Lipinski definition) is 5. The molecule has 1 amide bonds. The van der Waals surface area contributed by atoms with Gasteiger partial charge in [-0.2, -0.15) is 0 Å². The van der Waals surface area contributed by atoms with Crippen molar-refractivity contribution in [3.05, 3.63) is 66.6 Å². The van der Waals surface area contributed by atoms with Crippen LogP contribution in [0, 0.1) is 0 Å². The number of nitrogens with two attached hydrogens (primary N) is 2. The average molecular weight is 353 g/mol. The van der Waals surface area contributed by atoms with E-state index in [1.165, 1.54) is 0 Å². The van der Waals surface area contributed by atoms with Crippen molar-refractivity contribution in [1.82, 2.24) is 14.5 Å². The number of carboxylic acid groups (broad SMARTS) is 1. The zero-order valence-electron chi connectivity index (χ0n) is 14.1. The van der Waals surface area contributed by atoms with Gasteiger partial charge in [-0.15, -0.1) is 0 Å². The summed E-state index contributed by atoms with van der Waals surface area (Å²) in [6.07, 6.45) is 4.96. The fourth-order valence-corrected chi connectivity index (χ4v) is 2.43. The number of nitrogens with zero attached hydrogens (tertiary/aromatic N) is 3. The fourth-order valence-electron chi connectivity index (χ4n) is 2.43. The molecule has 0 aliphatic carbocycles. The van der Waals surface area contributed by atoms with Crippen LogP contribution in [0.15, 0.2) is 61.1 Å². The Morgan fingerprint density at radius 3 is 2.35 bits per heavy atom. The van der Waals surface area contributed by atoms with Gasteiger partial charge in [0, 0.05) is 31.1 Å². The number of benzene rings is 1. The molecule has 2 heterocycles. The van der Waals surface area contributed by atoms with E-state index in [4.69, 9.17) is 21.4 Å². The minimum atomic E-state index is -0.833. The lowest BCUT2D eigenvalue weighted by atomic mass is 10.1. The molecule has 0 spiro atoms. The van der Waals surface area contributed by atoms with Crippen LogP contribution >= 0.6 is 0 Å². The van der Waals surface area contributed by atoms with Gasteiger partial charge >= 0.3 is 0 Å². The number of carbonyl (C=O) groups is 2. The Kier molecular flexibility index (Phi) is 6.05. The third-order valence-electron chi connectivity index (χ3n) is 3.37. The van der Waals surface area contributed by atoms with Crippen molar-refractivity contribution in [3.8, 4) is 11.4 Å². The van der Waals surface area contributed by atoms with Crippen molar-refractivity contribution in [2.24, 2.45) is 5.73 Å². The summed E-state index contributed by atoms with van der Waals surface area (Å²) in [6, 6.07) is 12.2. The van der Waals surface area contributed by atoms with Gasteiger partial charge in [0.1, 0.15) is 17.7 Å². The standard InChI is InChI=1S/C16H15N5O.C2H4O2/c17-13-10-12(6-7-19-13)16-20-8-9-21(16)14(15(18)22)11-4-2-1-3-5-11;1-2(3)4/h1-10,14H,(H2,17,19)(H2,18,22);1H3,(H,3,4)/t14-;/m0./s1. The first-order chi connectivity index (χ1) is 12.4. The van der Waals surface area contributed by atoms with Gasteiger partial charge in [-0.05, 0) is 17.7 Å². The van der Waals surface area contributed by atoms with E-state index < -0.39 is 17.9 Å². The van der Waals surface area contributed by atoms with Crippen molar-refractivity contribution in [2.45, 2.75) is 13.0 Å². The van der Waals surface area contributed by atoms with Gasteiger partial charge in [0.15, 0.2) is 0 Å². The number of imidazole rings is 1. The van der Waals surface area contributed by atoms with E-state index in [1.807, 2.05) is 30.3 Å². The Morgan fingerprint density at radius 1 is 1.12 bits per heavy atom. The zero-order valence-corrected chi connectivity index (χ0v) is 14.1. The number of aromatic nitrogens is 3. The number of nitrogen functional groups attached to an aromatic ring is 1. The molecule has 5 N–H and O–H groups in total. The smallest absolute Gasteiger partial charge is 0.300 e. The first kappa shape index (κ1) is 18.7. The van der Waals surface area contributed by atoms with Gasteiger partial charge in [0.05, 0.1) is 0 Å². The summed E-state index contributed by atoms with van der Waals surface area (Å²) in [7, 11) is 0. The van der Waals surface area contributed by atoms with Crippen LogP contribution in [0.2, 0.25) is 0 Å². The molecule has 0 saturated heterocycles. The molecule has 1 aromatic carbocycles. The lowest BCUT2D eigenvalue weighted by molar-refractivity contribution is -0.134. The molecule has 134 valence electrons. The summed E-state index contributed by atoms with van der Waals surface area (Å²) < 4.78 is 1.74. The van der Waals surface area contributed by atoms with Crippen molar-refractivity contribution in [2.75, 3.05) is 5.73 Å². The van der Waals surface area contributed by atoms with Crippen LogP contribution < -0.4 is 11.5 Å². The van der Waals surface area contributed by atoms with Crippen LogP contribution in [-0.2, 0) is 9.59 Å². The van der Waals surface area contributed by atoms with E-state index in [0.717, 1.165) is 18.1 Å². The lowest BCUT2D eigenvalue weighted by Gasteiger charge is -2.18. The van der Waals surface area contributed by atoms with Crippen molar-refractivity contribution >= 4 is 17.7 Å². The molecule has 0 fully saturated rings. The van der Waals surface area contributed by atoms with Crippen molar-refractivity contribution in [3.63, 3.8) is 0 Å². The monoisotopic (exact) mass is 353 g/mol. The summed E-state index contributed by atoms with van der Waals surface area (Å²) in [6.45, 7) is 1.08. The summed E-state index contributed by atoms with van der Waals surface area (Å²) in [5.74, 6) is -0.281. The Bertz CT molecular complexity index is 889. The number of carbonyl (C=O) groups excluding carboxylic acids is 1. The first-order valence-corrected chi connectivity index (χ1v) is 7.68. The van der Waals surface area contributed by atoms with Gasteiger partial charge in [0.2, 0.25) is 5.91 Å². The molecular weight excluding hydrogens is 334 g/mol. The number of amides is 1. The third kappa shape index (κ3) is 4.67. The highest BCUT2D eigenvalue weighted by molar-refractivity contribution is 5.82. The fraction of sp³-hybridized carbons (Fsp3) is 0.111. The number of hydrogen-bond donors (Lipinski definition) is 3. The maximum Gasteiger partial charge on any atom is 0.300 e. The predicted octanol–water partition coefficient (Wildman–Crippen LogP) is 1.69. The molecular formula is C18H19N5O3. The van der Waals surface area contributed by atoms with Crippen LogP contribution in [0.25, 0.3) is 11.4 Å². The summed E-state index contributed by atoms with van der Waals surface area (Å²) in [5, 5.41) is 7.42. The molecule has 0 aliphatic heterocycles. The first-order valence-electron chi connectivity index (χ1n) is 7.68. The molecule has 26 heavy (non-hydrogen) atoms. The number of aliphatic carboxylic acids is 1. The van der Waals surface area contributed by atoms with Crippen LogP contribution in [-0.4, -0.2) is 31.5 Å². The SMILES string of the molecule is CC(=O)O.NC(=O)[C@H](c1ccccc1)n1ccnc1-c1ccnc(N)c1. The quantitative estimate of drug-likeness (QED) is 0.653. The molecule has 1 atom stereocenters. The molecule has 8 heteroatoms. The highest BCUT2D eigenvalue weighted by atomic mass is 16.4. The summed E-state index contributed by atoms with van der Waals surface area (Å²) >= 11 is 0. The average Bonchev–Trinajstić information content (AvgIpc) is 3.04. The zero-order chi connectivity index (χ0) is 19.1. The Hall–Kier alpha value is -3.68. The summed E-state index contributed by atoms with van der Waals surface area (Å²) in [4.78, 5) is 29.3. The Morgan fingerprint density at radius 2 is 1.77 bits per heavy atom. The number of rotatable bonds is 4.